The number of rotatable bonds is 4. The summed E-state index contributed by atoms with van der Waals surface area (Å²) in [5, 5.41) is 6.89. The lowest BCUT2D eigenvalue weighted by Gasteiger charge is -2.49. The highest BCUT2D eigenvalue weighted by molar-refractivity contribution is 7.70. The fourth-order valence-corrected chi connectivity index (χ4v) is 2.80. The minimum Gasteiger partial charge on any atom is -0.807 e. The third-order valence-electron chi connectivity index (χ3n) is 2.07. The zero-order valence-corrected chi connectivity index (χ0v) is 10.8. The van der Waals surface area contributed by atoms with E-state index in [-0.39, 0.29) is 11.4 Å². The molecule has 102 valence electrons. The lowest BCUT2D eigenvalue weighted by molar-refractivity contribution is -0.326. The Balaban J connectivity index is 3.30. The summed E-state index contributed by atoms with van der Waals surface area (Å²) in [4.78, 5) is 44.8. The van der Waals surface area contributed by atoms with Gasteiger partial charge in [0.05, 0.1) is 0 Å². The molecule has 1 heterocycles. The maximum absolute atomic E-state index is 10.9. The van der Waals surface area contributed by atoms with E-state index in [0.29, 0.717) is 0 Å². The molecule has 0 aliphatic carbocycles. The second-order valence-corrected chi connectivity index (χ2v) is 7.13. The van der Waals surface area contributed by atoms with E-state index >= 15 is 0 Å². The molecule has 1 aromatic rings. The van der Waals surface area contributed by atoms with Crippen molar-refractivity contribution in [1.82, 2.24) is 4.98 Å². The number of pyridine rings is 1. The number of aromatic nitrogens is 1. The van der Waals surface area contributed by atoms with Crippen LogP contribution in [0.3, 0.4) is 0 Å². The van der Waals surface area contributed by atoms with E-state index in [4.69, 9.17) is 4.89 Å². The summed E-state index contributed by atoms with van der Waals surface area (Å²) in [5.74, 6) is -0.364. The third kappa shape index (κ3) is 2.78. The van der Waals surface area contributed by atoms with E-state index in [1.807, 2.05) is 0 Å². The molecule has 0 saturated carbocycles. The standard InChI is InChI=1S/C7H12N2O7P2/c1-5-3-2-4-8-6(5)9-7(10,17(11,12)13)18(14,15)16/h2-4,10H,1H3,(H,8,9)(H2,11,12,13)(H2,14,15,16)/p-3. The molecule has 2 unspecified atom stereocenters. The van der Waals surface area contributed by atoms with Gasteiger partial charge in [0.15, 0.2) is 7.60 Å². The topological polar surface area (TPSA) is 169 Å². The van der Waals surface area contributed by atoms with Crippen LogP contribution in [0.1, 0.15) is 5.56 Å². The van der Waals surface area contributed by atoms with Gasteiger partial charge < -0.3 is 39.1 Å². The van der Waals surface area contributed by atoms with Gasteiger partial charge in [0.1, 0.15) is 5.82 Å². The summed E-state index contributed by atoms with van der Waals surface area (Å²) >= 11 is 0. The zero-order chi connectivity index (χ0) is 14.2. The maximum Gasteiger partial charge on any atom is 0.228 e. The van der Waals surface area contributed by atoms with Crippen molar-refractivity contribution in [2.45, 2.75) is 12.1 Å². The van der Waals surface area contributed by atoms with Gasteiger partial charge in [-0.3, -0.25) is 0 Å². The van der Waals surface area contributed by atoms with Crippen LogP contribution in [0.25, 0.3) is 0 Å². The van der Waals surface area contributed by atoms with Gasteiger partial charge >= 0.3 is 0 Å². The second-order valence-electron chi connectivity index (χ2n) is 3.45. The highest BCUT2D eigenvalue weighted by atomic mass is 31.2. The molecule has 0 aliphatic heterocycles. The van der Waals surface area contributed by atoms with Crippen molar-refractivity contribution in [3.05, 3.63) is 23.9 Å². The van der Waals surface area contributed by atoms with E-state index in [2.05, 4.69) is 4.98 Å². The first-order chi connectivity index (χ1) is 7.99. The monoisotopic (exact) mass is 295 g/mol. The summed E-state index contributed by atoms with van der Waals surface area (Å²) in [5.41, 5.74) is 0.262. The molecule has 1 rings (SSSR count). The fourth-order valence-electron chi connectivity index (χ4n) is 1.07. The van der Waals surface area contributed by atoms with Crippen molar-refractivity contribution in [2.24, 2.45) is 0 Å². The molecule has 18 heavy (non-hydrogen) atoms. The van der Waals surface area contributed by atoms with Gasteiger partial charge in [-0.05, 0) is 26.1 Å². The average molecular weight is 295 g/mol. The first-order valence-electron chi connectivity index (χ1n) is 4.47. The zero-order valence-electron chi connectivity index (χ0n) is 9.01. The lowest BCUT2D eigenvalue weighted by atomic mass is 10.3. The van der Waals surface area contributed by atoms with Crippen LogP contribution in [-0.4, -0.2) is 20.2 Å². The first-order valence-corrected chi connectivity index (χ1v) is 7.59. The molecule has 9 nitrogen and oxygen atoms in total. The minimum atomic E-state index is -6.12. The minimum absolute atomic E-state index is 0.262. The summed E-state index contributed by atoms with van der Waals surface area (Å²) < 4.78 is 21.7. The number of nitrogens with zero attached hydrogens (tertiary/aromatic N) is 1. The van der Waals surface area contributed by atoms with Gasteiger partial charge in [-0.25, -0.2) is 4.98 Å². The van der Waals surface area contributed by atoms with Crippen LogP contribution in [0.5, 0.6) is 0 Å². The van der Waals surface area contributed by atoms with Gasteiger partial charge in [-0.2, -0.15) is 0 Å². The summed E-state index contributed by atoms with van der Waals surface area (Å²) in [7, 11) is -12.0. The molecular formula is C7H9N2O7P2-3. The van der Waals surface area contributed by atoms with E-state index in [0.717, 1.165) is 0 Å². The predicted molar refractivity (Wildman–Crippen MR) is 55.0 cm³/mol. The SMILES string of the molecule is Cc1cccnc1NC(O)(P(=O)([O-])[O-])P(=O)([O-])O. The maximum atomic E-state index is 10.9. The van der Waals surface area contributed by atoms with Crippen molar-refractivity contribution in [2.75, 3.05) is 5.32 Å². The average Bonchev–Trinajstić information content (AvgIpc) is 2.18. The van der Waals surface area contributed by atoms with E-state index in [9.17, 15) is 28.9 Å². The molecule has 0 aliphatic rings. The molecule has 0 amide bonds. The van der Waals surface area contributed by atoms with Gasteiger partial charge in [0.2, 0.25) is 5.21 Å². The van der Waals surface area contributed by atoms with Crippen LogP contribution < -0.4 is 20.0 Å². The Bertz CT molecular complexity index is 514. The highest BCUT2D eigenvalue weighted by Crippen LogP contribution is 2.60. The van der Waals surface area contributed by atoms with E-state index < -0.39 is 20.4 Å². The van der Waals surface area contributed by atoms with Gasteiger partial charge in [0, 0.05) is 6.20 Å². The second kappa shape index (κ2) is 4.71. The largest absolute Gasteiger partial charge is 0.807 e. The molecule has 0 spiro atoms. The normalized spacial score (nSPS) is 18.8. The number of aliphatic hydroxyl groups is 1. The molecule has 0 radical (unpaired) electrons. The van der Waals surface area contributed by atoms with Crippen LogP contribution in [-0.2, 0) is 9.13 Å². The Morgan fingerprint density at radius 3 is 2.33 bits per heavy atom. The fraction of sp³-hybridized carbons (Fsp3) is 0.286. The molecule has 2 atom stereocenters. The van der Waals surface area contributed by atoms with Crippen LogP contribution in [0.15, 0.2) is 18.3 Å². The summed E-state index contributed by atoms with van der Waals surface area (Å²) in [6.45, 7) is 1.42. The molecule has 0 bridgehead atoms. The number of anilines is 1. The Morgan fingerprint density at radius 2 is 1.94 bits per heavy atom. The third-order valence-corrected chi connectivity index (χ3v) is 5.34. The Hall–Kier alpha value is -0.790. The Kier molecular flexibility index (Phi) is 4.00. The van der Waals surface area contributed by atoms with Gasteiger partial charge in [0.25, 0.3) is 0 Å². The van der Waals surface area contributed by atoms with Crippen molar-refractivity contribution in [1.29, 1.82) is 0 Å². The van der Waals surface area contributed by atoms with E-state index in [1.54, 1.807) is 0 Å². The summed E-state index contributed by atoms with van der Waals surface area (Å²) in [6.07, 6.45) is 1.17. The van der Waals surface area contributed by atoms with Crippen molar-refractivity contribution < 1.29 is 33.8 Å². The summed E-state index contributed by atoms with van der Waals surface area (Å²) in [6, 6.07) is 2.88. The van der Waals surface area contributed by atoms with Crippen molar-refractivity contribution in [3.8, 4) is 0 Å². The molecule has 3 N–H and O–H groups in total. The van der Waals surface area contributed by atoms with Crippen molar-refractivity contribution in [3.63, 3.8) is 0 Å². The Labute approximate surface area is 102 Å². The Morgan fingerprint density at radius 1 is 1.39 bits per heavy atom. The smallest absolute Gasteiger partial charge is 0.228 e. The van der Waals surface area contributed by atoms with E-state index in [1.165, 1.54) is 30.6 Å². The predicted octanol–water partition coefficient (Wildman–Crippen LogP) is -2.14. The molecule has 0 aromatic carbocycles. The van der Waals surface area contributed by atoms with Crippen LogP contribution in [0.2, 0.25) is 0 Å². The number of nitrogens with one attached hydrogen (secondary N) is 1. The highest BCUT2D eigenvalue weighted by Gasteiger charge is 2.42. The van der Waals surface area contributed by atoms with Crippen LogP contribution >= 0.6 is 15.2 Å². The molecule has 0 fully saturated rings. The van der Waals surface area contributed by atoms with Crippen LogP contribution in [0, 0.1) is 6.92 Å². The van der Waals surface area contributed by atoms with Gasteiger partial charge in [-0.15, -0.1) is 0 Å². The van der Waals surface area contributed by atoms with Gasteiger partial charge in [-0.1, -0.05) is 6.07 Å². The first kappa shape index (κ1) is 15.3. The molecule has 1 aromatic heterocycles. The quantitative estimate of drug-likeness (QED) is 0.414. The lowest BCUT2D eigenvalue weighted by Crippen LogP contribution is -2.48. The van der Waals surface area contributed by atoms with Crippen LogP contribution in [0.4, 0.5) is 5.82 Å². The molecule has 0 saturated heterocycles. The molecule has 11 heteroatoms. The number of hydrogen-bond acceptors (Lipinski definition) is 8. The number of aryl methyl sites for hydroxylation is 1. The van der Waals surface area contributed by atoms with Crippen molar-refractivity contribution >= 4 is 21.0 Å². The number of hydrogen-bond donors (Lipinski definition) is 3. The molecular weight excluding hydrogens is 286 g/mol.